The molecule has 0 saturated carbocycles. The predicted octanol–water partition coefficient (Wildman–Crippen LogP) is 2.38. The van der Waals surface area contributed by atoms with Crippen LogP contribution in [0.3, 0.4) is 0 Å². The van der Waals surface area contributed by atoms with E-state index in [-0.39, 0.29) is 5.91 Å². The van der Waals surface area contributed by atoms with Gasteiger partial charge in [0.15, 0.2) is 0 Å². The van der Waals surface area contributed by atoms with Gasteiger partial charge in [0.2, 0.25) is 5.91 Å². The summed E-state index contributed by atoms with van der Waals surface area (Å²) in [6, 6.07) is 9.62. The van der Waals surface area contributed by atoms with Crippen molar-refractivity contribution in [3.8, 4) is 5.75 Å². The summed E-state index contributed by atoms with van der Waals surface area (Å²) in [5.74, 6) is 0.746. The Bertz CT molecular complexity index is 419. The van der Waals surface area contributed by atoms with Crippen LogP contribution in [0.1, 0.15) is 32.1 Å². The van der Waals surface area contributed by atoms with Crippen molar-refractivity contribution < 1.29 is 14.4 Å². The van der Waals surface area contributed by atoms with Gasteiger partial charge in [-0.25, -0.2) is 5.48 Å². The van der Waals surface area contributed by atoms with E-state index in [2.05, 4.69) is 10.4 Å². The first-order chi connectivity index (χ1) is 10.8. The second kappa shape index (κ2) is 10.2. The van der Waals surface area contributed by atoms with Crippen LogP contribution in [0.2, 0.25) is 0 Å². The highest BCUT2D eigenvalue weighted by Crippen LogP contribution is 2.09. The normalized spacial score (nSPS) is 15.5. The molecule has 1 N–H and O–H groups in total. The molecule has 0 aliphatic carbocycles. The van der Waals surface area contributed by atoms with Crippen LogP contribution in [-0.4, -0.2) is 43.7 Å². The fraction of sp³-hybridized carbons (Fsp3) is 0.588. The molecule has 1 saturated heterocycles. The van der Waals surface area contributed by atoms with Crippen molar-refractivity contribution in [1.29, 1.82) is 0 Å². The van der Waals surface area contributed by atoms with Gasteiger partial charge < -0.3 is 9.64 Å². The monoisotopic (exact) mass is 306 g/mol. The summed E-state index contributed by atoms with van der Waals surface area (Å²) in [6.45, 7) is 4.26. The number of benzene rings is 1. The summed E-state index contributed by atoms with van der Waals surface area (Å²) in [5, 5.41) is 0. The molecule has 22 heavy (non-hydrogen) atoms. The Morgan fingerprint density at radius 2 is 1.86 bits per heavy atom. The molecule has 1 aliphatic heterocycles. The Morgan fingerprint density at radius 1 is 1.09 bits per heavy atom. The number of para-hydroxylation sites is 1. The maximum atomic E-state index is 11.6. The van der Waals surface area contributed by atoms with E-state index >= 15 is 0 Å². The lowest BCUT2D eigenvalue weighted by molar-refractivity contribution is -0.134. The first-order valence-electron chi connectivity index (χ1n) is 8.15. The van der Waals surface area contributed by atoms with E-state index in [0.29, 0.717) is 26.1 Å². The van der Waals surface area contributed by atoms with Gasteiger partial charge in [-0.05, 0) is 44.5 Å². The molecule has 2 rings (SSSR count). The van der Waals surface area contributed by atoms with Crippen molar-refractivity contribution in [2.75, 3.05) is 32.8 Å². The molecule has 1 heterocycles. The zero-order valence-corrected chi connectivity index (χ0v) is 13.1. The summed E-state index contributed by atoms with van der Waals surface area (Å²) in [4.78, 5) is 19.2. The lowest BCUT2D eigenvalue weighted by atomic mass is 10.1. The summed E-state index contributed by atoms with van der Waals surface area (Å²) >= 11 is 0. The maximum absolute atomic E-state index is 11.6. The van der Waals surface area contributed by atoms with Gasteiger partial charge in [-0.2, -0.15) is 0 Å². The third-order valence-corrected chi connectivity index (χ3v) is 3.70. The number of nitrogens with one attached hydrogen (secondary N) is 1. The van der Waals surface area contributed by atoms with Crippen LogP contribution in [0.5, 0.6) is 5.75 Å². The van der Waals surface area contributed by atoms with Crippen molar-refractivity contribution in [3.05, 3.63) is 30.3 Å². The van der Waals surface area contributed by atoms with Crippen LogP contribution in [0.25, 0.3) is 0 Å². The number of hydrogen-bond donors (Lipinski definition) is 1. The molecule has 0 bridgehead atoms. The lowest BCUT2D eigenvalue weighted by Crippen LogP contribution is -2.35. The molecule has 0 spiro atoms. The molecular weight excluding hydrogens is 280 g/mol. The van der Waals surface area contributed by atoms with Crippen molar-refractivity contribution in [1.82, 2.24) is 10.4 Å². The number of nitrogens with zero attached hydrogens (tertiary/aromatic N) is 1. The van der Waals surface area contributed by atoms with E-state index < -0.39 is 0 Å². The number of likely N-dealkylation sites (tertiary alicyclic amines) is 1. The van der Waals surface area contributed by atoms with Gasteiger partial charge in [-0.1, -0.05) is 24.6 Å². The minimum atomic E-state index is -0.0877. The number of rotatable bonds is 9. The quantitative estimate of drug-likeness (QED) is 0.562. The third kappa shape index (κ3) is 6.91. The SMILES string of the molecule is O=C(CCCOc1ccccc1)NOCCN1CCCCC1. The first kappa shape index (κ1) is 16.8. The summed E-state index contributed by atoms with van der Waals surface area (Å²) in [7, 11) is 0. The molecule has 1 aromatic rings. The molecule has 0 aromatic heterocycles. The van der Waals surface area contributed by atoms with Crippen molar-refractivity contribution in [2.24, 2.45) is 0 Å². The summed E-state index contributed by atoms with van der Waals surface area (Å²) < 4.78 is 5.53. The second-order valence-electron chi connectivity index (χ2n) is 5.54. The number of ether oxygens (including phenoxy) is 1. The van der Waals surface area contributed by atoms with Crippen LogP contribution >= 0.6 is 0 Å². The van der Waals surface area contributed by atoms with E-state index in [9.17, 15) is 4.79 Å². The lowest BCUT2D eigenvalue weighted by Gasteiger charge is -2.25. The Hall–Kier alpha value is -1.59. The van der Waals surface area contributed by atoms with Crippen LogP contribution in [-0.2, 0) is 9.63 Å². The fourth-order valence-corrected chi connectivity index (χ4v) is 2.48. The highest BCUT2D eigenvalue weighted by Gasteiger charge is 2.09. The number of carbonyl (C=O) groups excluding carboxylic acids is 1. The average Bonchev–Trinajstić information content (AvgIpc) is 2.57. The zero-order chi connectivity index (χ0) is 15.5. The fourth-order valence-electron chi connectivity index (χ4n) is 2.48. The molecule has 0 atom stereocenters. The number of carbonyl (C=O) groups is 1. The summed E-state index contributed by atoms with van der Waals surface area (Å²) in [5.41, 5.74) is 2.50. The van der Waals surface area contributed by atoms with Crippen LogP contribution < -0.4 is 10.2 Å². The summed E-state index contributed by atoms with van der Waals surface area (Å²) in [6.07, 6.45) is 4.97. The van der Waals surface area contributed by atoms with Gasteiger partial charge in [-0.15, -0.1) is 0 Å². The van der Waals surface area contributed by atoms with Crippen molar-refractivity contribution in [3.63, 3.8) is 0 Å². The highest BCUT2D eigenvalue weighted by atomic mass is 16.6. The Labute approximate surface area is 132 Å². The van der Waals surface area contributed by atoms with E-state index in [1.807, 2.05) is 30.3 Å². The minimum absolute atomic E-state index is 0.0877. The van der Waals surface area contributed by atoms with E-state index in [1.54, 1.807) is 0 Å². The molecule has 5 heteroatoms. The largest absolute Gasteiger partial charge is 0.494 e. The van der Waals surface area contributed by atoms with E-state index in [1.165, 1.54) is 19.3 Å². The standard InChI is InChI=1S/C17H26N2O3/c20-17(10-7-14-21-16-8-3-1-4-9-16)18-22-15-13-19-11-5-2-6-12-19/h1,3-4,8-9H,2,5-7,10-15H2,(H,18,20). The molecule has 1 aromatic carbocycles. The molecule has 122 valence electrons. The van der Waals surface area contributed by atoms with Crippen LogP contribution in [0.4, 0.5) is 0 Å². The van der Waals surface area contributed by atoms with Gasteiger partial charge in [-0.3, -0.25) is 9.63 Å². The van der Waals surface area contributed by atoms with Gasteiger partial charge in [0.25, 0.3) is 0 Å². The van der Waals surface area contributed by atoms with Gasteiger partial charge >= 0.3 is 0 Å². The first-order valence-corrected chi connectivity index (χ1v) is 8.15. The molecular formula is C17H26N2O3. The van der Waals surface area contributed by atoms with Gasteiger partial charge in [0, 0.05) is 13.0 Å². The molecule has 5 nitrogen and oxygen atoms in total. The maximum Gasteiger partial charge on any atom is 0.243 e. The van der Waals surface area contributed by atoms with Gasteiger partial charge in [0.05, 0.1) is 13.2 Å². The molecule has 0 radical (unpaired) electrons. The van der Waals surface area contributed by atoms with Crippen molar-refractivity contribution in [2.45, 2.75) is 32.1 Å². The predicted molar refractivity (Wildman–Crippen MR) is 85.6 cm³/mol. The minimum Gasteiger partial charge on any atom is -0.494 e. The average molecular weight is 306 g/mol. The molecule has 1 amide bonds. The van der Waals surface area contributed by atoms with Gasteiger partial charge in [0.1, 0.15) is 5.75 Å². The second-order valence-corrected chi connectivity index (χ2v) is 5.54. The van der Waals surface area contributed by atoms with Crippen molar-refractivity contribution >= 4 is 5.91 Å². The van der Waals surface area contributed by atoms with Crippen LogP contribution in [0, 0.1) is 0 Å². The number of hydroxylamine groups is 1. The molecule has 0 unspecified atom stereocenters. The highest BCUT2D eigenvalue weighted by molar-refractivity contribution is 5.74. The number of piperidine rings is 1. The van der Waals surface area contributed by atoms with E-state index in [0.717, 1.165) is 25.4 Å². The van der Waals surface area contributed by atoms with Crippen LogP contribution in [0.15, 0.2) is 30.3 Å². The Morgan fingerprint density at radius 3 is 2.64 bits per heavy atom. The molecule has 1 fully saturated rings. The number of hydrogen-bond acceptors (Lipinski definition) is 4. The van der Waals surface area contributed by atoms with E-state index in [4.69, 9.17) is 9.57 Å². The zero-order valence-electron chi connectivity index (χ0n) is 13.1. The Balaban J connectivity index is 1.44. The number of amides is 1. The third-order valence-electron chi connectivity index (χ3n) is 3.70. The topological polar surface area (TPSA) is 50.8 Å². The smallest absolute Gasteiger partial charge is 0.243 e. The Kier molecular flexibility index (Phi) is 7.77. The molecule has 1 aliphatic rings.